The molecule has 1 heterocycles. The molecule has 2 unspecified atom stereocenters. The number of aliphatic hydroxyl groups is 1. The van der Waals surface area contributed by atoms with Crippen LogP contribution in [0.15, 0.2) is 0 Å². The van der Waals surface area contributed by atoms with Gasteiger partial charge in [-0.2, -0.15) is 0 Å². The lowest BCUT2D eigenvalue weighted by molar-refractivity contribution is -0.133. The number of aliphatic hydroxyl groups excluding tert-OH is 1. The van der Waals surface area contributed by atoms with E-state index in [1.807, 2.05) is 0 Å². The first-order valence-corrected chi connectivity index (χ1v) is 8.91. The summed E-state index contributed by atoms with van der Waals surface area (Å²) in [4.78, 5) is 36.2. The van der Waals surface area contributed by atoms with E-state index in [0.717, 1.165) is 19.3 Å². The minimum absolute atomic E-state index is 0.0994. The number of rotatable bonds is 6. The first-order valence-electron chi connectivity index (χ1n) is 8.91. The van der Waals surface area contributed by atoms with E-state index in [-0.39, 0.29) is 24.3 Å². The monoisotopic (exact) mass is 355 g/mol. The highest BCUT2D eigenvalue weighted by Gasteiger charge is 2.36. The predicted molar refractivity (Wildman–Crippen MR) is 90.7 cm³/mol. The van der Waals surface area contributed by atoms with Gasteiger partial charge in [0.1, 0.15) is 5.60 Å². The second kappa shape index (κ2) is 8.03. The van der Waals surface area contributed by atoms with Crippen molar-refractivity contribution in [2.75, 3.05) is 6.54 Å². The van der Waals surface area contributed by atoms with E-state index >= 15 is 0 Å². The summed E-state index contributed by atoms with van der Waals surface area (Å²) < 4.78 is 5.21. The van der Waals surface area contributed by atoms with Gasteiger partial charge in [-0.05, 0) is 52.9 Å². The van der Waals surface area contributed by atoms with Crippen molar-refractivity contribution in [3.8, 4) is 0 Å². The number of hydrogen-bond acceptors (Lipinski definition) is 5. The molecule has 1 aliphatic heterocycles. The van der Waals surface area contributed by atoms with Gasteiger partial charge in [0.25, 0.3) is 5.91 Å². The average Bonchev–Trinajstić information content (AvgIpc) is 3.30. The molecule has 2 aliphatic rings. The molecule has 2 fully saturated rings. The highest BCUT2D eigenvalue weighted by Crippen LogP contribution is 2.22. The van der Waals surface area contributed by atoms with Crippen molar-refractivity contribution in [2.24, 2.45) is 5.92 Å². The summed E-state index contributed by atoms with van der Waals surface area (Å²) in [6.07, 6.45) is 1.33. The summed E-state index contributed by atoms with van der Waals surface area (Å²) in [5.74, 6) is -0.992. The molecule has 4 N–H and O–H groups in total. The quantitative estimate of drug-likeness (QED) is 0.551. The molecule has 3 amide bonds. The standard InChI is InChI=1S/C17H29N3O5/c1-17(2,3)25-16(24)20-12(9-10-5-4-8-18-14(10)22)13(21)15(23)19-11-6-7-11/h10-13,21H,4-9H2,1-3H3,(H,18,22)(H,19,23)(H,20,24)/t10-,12?,13?/m0/s1. The Morgan fingerprint density at radius 3 is 2.56 bits per heavy atom. The molecular formula is C17H29N3O5. The molecule has 8 heteroatoms. The molecule has 0 radical (unpaired) electrons. The first kappa shape index (κ1) is 19.5. The van der Waals surface area contributed by atoms with Crippen LogP contribution in [-0.2, 0) is 14.3 Å². The number of ether oxygens (including phenoxy) is 1. The number of hydrogen-bond donors (Lipinski definition) is 4. The summed E-state index contributed by atoms with van der Waals surface area (Å²) in [5, 5.41) is 18.5. The van der Waals surface area contributed by atoms with E-state index in [4.69, 9.17) is 4.74 Å². The third-order valence-electron chi connectivity index (χ3n) is 4.21. The number of amides is 3. The lowest BCUT2D eigenvalue weighted by Gasteiger charge is -2.30. The van der Waals surface area contributed by atoms with Crippen LogP contribution in [-0.4, -0.2) is 53.3 Å². The highest BCUT2D eigenvalue weighted by molar-refractivity contribution is 5.83. The zero-order valence-electron chi connectivity index (χ0n) is 15.1. The molecule has 2 rings (SSSR count). The van der Waals surface area contributed by atoms with Gasteiger partial charge < -0.3 is 25.8 Å². The van der Waals surface area contributed by atoms with Crippen LogP contribution in [0.5, 0.6) is 0 Å². The molecule has 1 saturated heterocycles. The second-order valence-electron chi connectivity index (χ2n) is 7.85. The second-order valence-corrected chi connectivity index (χ2v) is 7.85. The molecule has 1 aliphatic carbocycles. The van der Waals surface area contributed by atoms with Crippen molar-refractivity contribution < 1.29 is 24.2 Å². The Hall–Kier alpha value is -1.83. The summed E-state index contributed by atoms with van der Waals surface area (Å²) in [6.45, 7) is 5.81. The maximum Gasteiger partial charge on any atom is 0.407 e. The van der Waals surface area contributed by atoms with Crippen LogP contribution in [0.2, 0.25) is 0 Å². The highest BCUT2D eigenvalue weighted by atomic mass is 16.6. The fraction of sp³-hybridized carbons (Fsp3) is 0.824. The normalized spacial score (nSPS) is 23.2. The van der Waals surface area contributed by atoms with Crippen molar-refractivity contribution in [3.05, 3.63) is 0 Å². The Labute approximate surface area is 148 Å². The fourth-order valence-corrected chi connectivity index (χ4v) is 2.79. The van der Waals surface area contributed by atoms with Gasteiger partial charge in [-0.3, -0.25) is 9.59 Å². The number of alkyl carbamates (subject to hydrolysis) is 1. The first-order chi connectivity index (χ1) is 11.7. The molecule has 142 valence electrons. The Bertz CT molecular complexity index is 513. The summed E-state index contributed by atoms with van der Waals surface area (Å²) in [6, 6.07) is -0.787. The SMILES string of the molecule is CC(C)(C)OC(=O)NC(C[C@@H]1CCCNC1=O)C(O)C(=O)NC1CC1. The maximum atomic E-state index is 12.2. The van der Waals surface area contributed by atoms with E-state index < -0.39 is 29.7 Å². The Balaban J connectivity index is 2.01. The van der Waals surface area contributed by atoms with Gasteiger partial charge in [0.15, 0.2) is 6.10 Å². The van der Waals surface area contributed by atoms with E-state index in [0.29, 0.717) is 13.0 Å². The molecule has 25 heavy (non-hydrogen) atoms. The summed E-state index contributed by atoms with van der Waals surface area (Å²) in [7, 11) is 0. The van der Waals surface area contributed by atoms with Gasteiger partial charge >= 0.3 is 6.09 Å². The third-order valence-corrected chi connectivity index (χ3v) is 4.21. The van der Waals surface area contributed by atoms with Crippen LogP contribution in [0.3, 0.4) is 0 Å². The van der Waals surface area contributed by atoms with E-state index in [9.17, 15) is 19.5 Å². The molecule has 0 aromatic carbocycles. The Morgan fingerprint density at radius 2 is 2.00 bits per heavy atom. The van der Waals surface area contributed by atoms with Crippen molar-refractivity contribution in [3.63, 3.8) is 0 Å². The zero-order chi connectivity index (χ0) is 18.6. The van der Waals surface area contributed by atoms with Crippen LogP contribution < -0.4 is 16.0 Å². The minimum Gasteiger partial charge on any atom is -0.444 e. The van der Waals surface area contributed by atoms with Gasteiger partial charge in [0.05, 0.1) is 6.04 Å². The number of piperidine rings is 1. The average molecular weight is 355 g/mol. The van der Waals surface area contributed by atoms with Crippen LogP contribution >= 0.6 is 0 Å². The van der Waals surface area contributed by atoms with Crippen LogP contribution in [0, 0.1) is 5.92 Å². The number of carbonyl (C=O) groups excluding carboxylic acids is 3. The topological polar surface area (TPSA) is 117 Å². The molecule has 3 atom stereocenters. The van der Waals surface area contributed by atoms with E-state index in [1.165, 1.54) is 0 Å². The van der Waals surface area contributed by atoms with Gasteiger partial charge in [0.2, 0.25) is 5.91 Å². The lowest BCUT2D eigenvalue weighted by atomic mass is 9.89. The van der Waals surface area contributed by atoms with Crippen molar-refractivity contribution in [1.82, 2.24) is 16.0 Å². The van der Waals surface area contributed by atoms with Crippen molar-refractivity contribution in [1.29, 1.82) is 0 Å². The largest absolute Gasteiger partial charge is 0.444 e. The Morgan fingerprint density at radius 1 is 1.32 bits per heavy atom. The smallest absolute Gasteiger partial charge is 0.407 e. The van der Waals surface area contributed by atoms with Crippen molar-refractivity contribution in [2.45, 2.75) is 76.7 Å². The molecule has 0 bridgehead atoms. The molecule has 8 nitrogen and oxygen atoms in total. The summed E-state index contributed by atoms with van der Waals surface area (Å²) in [5.41, 5.74) is -0.696. The van der Waals surface area contributed by atoms with Gasteiger partial charge in [-0.15, -0.1) is 0 Å². The predicted octanol–water partition coefficient (Wildman–Crippen LogP) is 0.436. The molecule has 1 saturated carbocycles. The molecule has 0 aromatic heterocycles. The maximum absolute atomic E-state index is 12.2. The molecular weight excluding hydrogens is 326 g/mol. The van der Waals surface area contributed by atoms with E-state index in [1.54, 1.807) is 20.8 Å². The number of nitrogens with one attached hydrogen (secondary N) is 3. The van der Waals surface area contributed by atoms with Gasteiger partial charge in [0, 0.05) is 18.5 Å². The van der Waals surface area contributed by atoms with Gasteiger partial charge in [-0.25, -0.2) is 4.79 Å². The lowest BCUT2D eigenvalue weighted by Crippen LogP contribution is -2.53. The Kier molecular flexibility index (Phi) is 6.26. The molecule has 0 spiro atoms. The van der Waals surface area contributed by atoms with Crippen LogP contribution in [0.25, 0.3) is 0 Å². The minimum atomic E-state index is -1.43. The molecule has 0 aromatic rings. The summed E-state index contributed by atoms with van der Waals surface area (Å²) >= 11 is 0. The van der Waals surface area contributed by atoms with Gasteiger partial charge in [-0.1, -0.05) is 0 Å². The zero-order valence-corrected chi connectivity index (χ0v) is 15.1. The van der Waals surface area contributed by atoms with E-state index in [2.05, 4.69) is 16.0 Å². The van der Waals surface area contributed by atoms with Crippen LogP contribution in [0.1, 0.15) is 52.9 Å². The third kappa shape index (κ3) is 6.53. The van der Waals surface area contributed by atoms with Crippen molar-refractivity contribution >= 4 is 17.9 Å². The number of carbonyl (C=O) groups is 3. The fourth-order valence-electron chi connectivity index (χ4n) is 2.79. The van der Waals surface area contributed by atoms with Crippen LogP contribution in [0.4, 0.5) is 4.79 Å².